The van der Waals surface area contributed by atoms with Crippen LogP contribution in [-0.4, -0.2) is 24.1 Å². The molecule has 0 saturated carbocycles. The Morgan fingerprint density at radius 1 is 1.36 bits per heavy atom. The van der Waals surface area contributed by atoms with E-state index in [1.54, 1.807) is 0 Å². The number of hydrogen-bond acceptors (Lipinski definition) is 3. The van der Waals surface area contributed by atoms with Crippen LogP contribution in [0.4, 0.5) is 0 Å². The Labute approximate surface area is 86.4 Å². The monoisotopic (exact) mass is 202 g/mol. The van der Waals surface area contributed by atoms with Gasteiger partial charge in [-0.05, 0) is 34.6 Å². The third kappa shape index (κ3) is 9.48. The second-order valence-corrected chi connectivity index (χ2v) is 4.58. The summed E-state index contributed by atoms with van der Waals surface area (Å²) < 4.78 is 0. The van der Waals surface area contributed by atoms with Gasteiger partial charge < -0.3 is 5.32 Å². The lowest BCUT2D eigenvalue weighted by molar-refractivity contribution is -0.123. The Balaban J connectivity index is 3.41. The zero-order valence-electron chi connectivity index (χ0n) is 9.81. The standard InChI is InChI=1S/C10H22N2O2/c1-8(2)12-9(13)6-7-11-14-10(3,4)5/h8,11H,6-7H2,1-5H3,(H,12,13). The third-order valence-corrected chi connectivity index (χ3v) is 1.28. The Hall–Kier alpha value is -0.610. The fraction of sp³-hybridized carbons (Fsp3) is 0.900. The second-order valence-electron chi connectivity index (χ2n) is 4.58. The molecule has 0 heterocycles. The highest BCUT2D eigenvalue weighted by molar-refractivity contribution is 5.76. The summed E-state index contributed by atoms with van der Waals surface area (Å²) in [6.07, 6.45) is 0.439. The number of rotatable bonds is 5. The third-order valence-electron chi connectivity index (χ3n) is 1.28. The molecule has 0 aliphatic carbocycles. The van der Waals surface area contributed by atoms with E-state index in [0.717, 1.165) is 0 Å². The summed E-state index contributed by atoms with van der Waals surface area (Å²) in [5, 5.41) is 2.81. The van der Waals surface area contributed by atoms with E-state index in [9.17, 15) is 4.79 Å². The lowest BCUT2D eigenvalue weighted by Crippen LogP contribution is -2.35. The molecule has 0 unspecified atom stereocenters. The first-order chi connectivity index (χ1) is 6.31. The molecule has 0 saturated heterocycles. The maximum absolute atomic E-state index is 11.2. The van der Waals surface area contributed by atoms with Gasteiger partial charge in [-0.15, -0.1) is 0 Å². The van der Waals surface area contributed by atoms with Gasteiger partial charge in [0, 0.05) is 19.0 Å². The smallest absolute Gasteiger partial charge is 0.221 e. The van der Waals surface area contributed by atoms with Crippen LogP contribution >= 0.6 is 0 Å². The Morgan fingerprint density at radius 2 is 1.93 bits per heavy atom. The van der Waals surface area contributed by atoms with E-state index < -0.39 is 0 Å². The molecule has 0 bridgehead atoms. The van der Waals surface area contributed by atoms with E-state index in [4.69, 9.17) is 4.84 Å². The molecule has 4 heteroatoms. The van der Waals surface area contributed by atoms with Crippen LogP contribution in [0.25, 0.3) is 0 Å². The molecule has 84 valence electrons. The van der Waals surface area contributed by atoms with Crippen LogP contribution in [0.1, 0.15) is 41.0 Å². The van der Waals surface area contributed by atoms with Gasteiger partial charge in [0.1, 0.15) is 0 Å². The lowest BCUT2D eigenvalue weighted by atomic mass is 10.2. The molecule has 0 aromatic carbocycles. The van der Waals surface area contributed by atoms with Crippen LogP contribution < -0.4 is 10.8 Å². The van der Waals surface area contributed by atoms with Crippen molar-refractivity contribution in [1.82, 2.24) is 10.8 Å². The summed E-state index contributed by atoms with van der Waals surface area (Å²) in [6.45, 7) is 10.3. The maximum atomic E-state index is 11.2. The maximum Gasteiger partial charge on any atom is 0.221 e. The highest BCUT2D eigenvalue weighted by atomic mass is 16.7. The van der Waals surface area contributed by atoms with Gasteiger partial charge in [-0.25, -0.2) is 5.48 Å². The van der Waals surface area contributed by atoms with Gasteiger partial charge in [-0.1, -0.05) is 0 Å². The Kier molecular flexibility index (Phi) is 5.72. The number of nitrogens with one attached hydrogen (secondary N) is 2. The molecule has 2 N–H and O–H groups in total. The minimum absolute atomic E-state index is 0.0463. The number of hydroxylamine groups is 1. The first-order valence-electron chi connectivity index (χ1n) is 5.01. The first kappa shape index (κ1) is 13.4. The second kappa shape index (κ2) is 5.98. The predicted octanol–water partition coefficient (Wildman–Crippen LogP) is 1.22. The number of carbonyl (C=O) groups is 1. The topological polar surface area (TPSA) is 50.4 Å². The van der Waals surface area contributed by atoms with Crippen molar-refractivity contribution in [2.75, 3.05) is 6.54 Å². The normalized spacial score (nSPS) is 11.9. The van der Waals surface area contributed by atoms with Gasteiger partial charge in [0.2, 0.25) is 5.91 Å². The molecule has 1 amide bonds. The SMILES string of the molecule is CC(C)NC(=O)CCNOC(C)(C)C. The Morgan fingerprint density at radius 3 is 2.36 bits per heavy atom. The fourth-order valence-electron chi connectivity index (χ4n) is 0.826. The summed E-state index contributed by atoms with van der Waals surface area (Å²) >= 11 is 0. The molecule has 0 atom stereocenters. The van der Waals surface area contributed by atoms with Crippen LogP contribution in [0.15, 0.2) is 0 Å². The highest BCUT2D eigenvalue weighted by Crippen LogP contribution is 2.03. The molecule has 0 aromatic rings. The van der Waals surface area contributed by atoms with Crippen LogP contribution in [-0.2, 0) is 9.63 Å². The molecule has 14 heavy (non-hydrogen) atoms. The molecule has 0 aliphatic heterocycles. The fourth-order valence-corrected chi connectivity index (χ4v) is 0.826. The quantitative estimate of drug-likeness (QED) is 0.520. The zero-order valence-corrected chi connectivity index (χ0v) is 9.81. The highest BCUT2D eigenvalue weighted by Gasteiger charge is 2.10. The van der Waals surface area contributed by atoms with Gasteiger partial charge in [-0.2, -0.15) is 0 Å². The van der Waals surface area contributed by atoms with Gasteiger partial charge in [0.25, 0.3) is 0 Å². The number of hydrogen-bond donors (Lipinski definition) is 2. The van der Waals surface area contributed by atoms with Crippen LogP contribution in [0.3, 0.4) is 0 Å². The van der Waals surface area contributed by atoms with Crippen molar-refractivity contribution in [2.24, 2.45) is 0 Å². The van der Waals surface area contributed by atoms with Crippen molar-refractivity contribution >= 4 is 5.91 Å². The summed E-state index contributed by atoms with van der Waals surface area (Å²) in [5.41, 5.74) is 2.55. The van der Waals surface area contributed by atoms with Crippen LogP contribution in [0.2, 0.25) is 0 Å². The minimum Gasteiger partial charge on any atom is -0.354 e. The van der Waals surface area contributed by atoms with E-state index in [1.165, 1.54) is 0 Å². The van der Waals surface area contributed by atoms with Gasteiger partial charge >= 0.3 is 0 Å². The predicted molar refractivity (Wildman–Crippen MR) is 56.7 cm³/mol. The van der Waals surface area contributed by atoms with Crippen molar-refractivity contribution in [2.45, 2.75) is 52.7 Å². The van der Waals surface area contributed by atoms with Crippen molar-refractivity contribution < 1.29 is 9.63 Å². The summed E-state index contributed by atoms with van der Waals surface area (Å²) in [6, 6.07) is 0.200. The van der Waals surface area contributed by atoms with E-state index >= 15 is 0 Å². The van der Waals surface area contributed by atoms with Gasteiger partial charge in [0.15, 0.2) is 0 Å². The molecular weight excluding hydrogens is 180 g/mol. The molecule has 0 aliphatic rings. The summed E-state index contributed by atoms with van der Waals surface area (Å²) in [7, 11) is 0. The van der Waals surface area contributed by atoms with E-state index in [1.807, 2.05) is 34.6 Å². The number of amides is 1. The molecule has 0 rings (SSSR count). The van der Waals surface area contributed by atoms with Gasteiger partial charge in [-0.3, -0.25) is 9.63 Å². The molecule has 0 spiro atoms. The van der Waals surface area contributed by atoms with Crippen molar-refractivity contribution in [1.29, 1.82) is 0 Å². The van der Waals surface area contributed by atoms with Crippen molar-refractivity contribution in [3.8, 4) is 0 Å². The number of carbonyl (C=O) groups excluding carboxylic acids is 1. The van der Waals surface area contributed by atoms with E-state index in [2.05, 4.69) is 10.8 Å². The Bertz CT molecular complexity index is 173. The van der Waals surface area contributed by atoms with Crippen molar-refractivity contribution in [3.63, 3.8) is 0 Å². The van der Waals surface area contributed by atoms with Crippen LogP contribution in [0.5, 0.6) is 0 Å². The first-order valence-corrected chi connectivity index (χ1v) is 5.01. The average molecular weight is 202 g/mol. The van der Waals surface area contributed by atoms with Crippen LogP contribution in [0, 0.1) is 0 Å². The average Bonchev–Trinajstić information content (AvgIpc) is 1.95. The molecule has 4 nitrogen and oxygen atoms in total. The zero-order chi connectivity index (χ0) is 11.2. The summed E-state index contributed by atoms with van der Waals surface area (Å²) in [5.74, 6) is 0.0463. The largest absolute Gasteiger partial charge is 0.354 e. The van der Waals surface area contributed by atoms with Gasteiger partial charge in [0.05, 0.1) is 5.60 Å². The van der Waals surface area contributed by atoms with E-state index in [0.29, 0.717) is 13.0 Å². The summed E-state index contributed by atoms with van der Waals surface area (Å²) in [4.78, 5) is 16.4. The van der Waals surface area contributed by atoms with Crippen molar-refractivity contribution in [3.05, 3.63) is 0 Å². The lowest BCUT2D eigenvalue weighted by Gasteiger charge is -2.19. The minimum atomic E-state index is -0.214. The molecule has 0 radical (unpaired) electrons. The van der Waals surface area contributed by atoms with E-state index in [-0.39, 0.29) is 17.6 Å². The molecule has 0 aromatic heterocycles. The molecular formula is C10H22N2O2. The molecule has 0 fully saturated rings.